The molecule has 0 spiro atoms. The van der Waals surface area contributed by atoms with Crippen molar-refractivity contribution in [2.24, 2.45) is 7.05 Å². The van der Waals surface area contributed by atoms with E-state index in [-0.39, 0.29) is 19.4 Å². The molecular formula is C31H37N3O6S. The lowest BCUT2D eigenvalue weighted by molar-refractivity contribution is 0.0980. The standard InChI is InChI=1S/C31H33N3O6S.2H2/c1-20-8-4-7-11-29(20)41(37,38)33-30(35)22-13-12-21(28(17-22)39-3)16-23-19-34(2)27-15-14-24(18-26(23)27)32-31(36)40-25-9-5-6-10-25;;/h4,7-8,11-15,17-19,25H,5-6,9-10,16H2,1-3H3,(H,32,36)(H,33,35);2*1H. The molecule has 1 heterocycles. The fourth-order valence-electron chi connectivity index (χ4n) is 5.33. The molecule has 10 heteroatoms. The van der Waals surface area contributed by atoms with Crippen LogP contribution in [0.15, 0.2) is 71.8 Å². The highest BCUT2D eigenvalue weighted by molar-refractivity contribution is 7.90. The number of hydrogen-bond donors (Lipinski definition) is 2. The van der Waals surface area contributed by atoms with E-state index in [2.05, 4.69) is 10.0 Å². The number of aromatic nitrogens is 1. The molecule has 0 saturated heterocycles. The summed E-state index contributed by atoms with van der Waals surface area (Å²) in [6.07, 6.45) is 6.00. The fraction of sp³-hybridized carbons (Fsp3) is 0.290. The van der Waals surface area contributed by atoms with Gasteiger partial charge >= 0.3 is 6.09 Å². The zero-order valence-electron chi connectivity index (χ0n) is 23.3. The molecule has 1 aliphatic carbocycles. The lowest BCUT2D eigenvalue weighted by Gasteiger charge is -2.13. The third kappa shape index (κ3) is 6.22. The third-order valence-corrected chi connectivity index (χ3v) is 8.93. The van der Waals surface area contributed by atoms with Crippen LogP contribution in [0.2, 0.25) is 0 Å². The summed E-state index contributed by atoms with van der Waals surface area (Å²) in [7, 11) is -0.583. The lowest BCUT2D eigenvalue weighted by Crippen LogP contribution is -2.31. The summed E-state index contributed by atoms with van der Waals surface area (Å²) in [4.78, 5) is 25.4. The van der Waals surface area contributed by atoms with E-state index in [1.54, 1.807) is 37.3 Å². The minimum absolute atomic E-state index is 0. The zero-order valence-corrected chi connectivity index (χ0v) is 24.1. The van der Waals surface area contributed by atoms with Gasteiger partial charge in [0, 0.05) is 44.7 Å². The Labute approximate surface area is 242 Å². The van der Waals surface area contributed by atoms with Crippen LogP contribution in [0.3, 0.4) is 0 Å². The van der Waals surface area contributed by atoms with Crippen LogP contribution in [0.25, 0.3) is 10.9 Å². The van der Waals surface area contributed by atoms with E-state index in [0.717, 1.165) is 47.7 Å². The smallest absolute Gasteiger partial charge is 0.411 e. The number of fused-ring (bicyclic) bond motifs is 1. The number of methoxy groups -OCH3 is 1. The Morgan fingerprint density at radius 1 is 1.02 bits per heavy atom. The molecule has 9 nitrogen and oxygen atoms in total. The van der Waals surface area contributed by atoms with Gasteiger partial charge in [-0.05, 0) is 85.7 Å². The number of rotatable bonds is 8. The molecular weight excluding hydrogens is 542 g/mol. The summed E-state index contributed by atoms with van der Waals surface area (Å²) < 4.78 is 40.9. The lowest BCUT2D eigenvalue weighted by atomic mass is 10.0. The fourth-order valence-corrected chi connectivity index (χ4v) is 6.55. The highest BCUT2D eigenvalue weighted by atomic mass is 32.2. The molecule has 1 aromatic heterocycles. The van der Waals surface area contributed by atoms with Gasteiger partial charge in [0.1, 0.15) is 11.9 Å². The Kier molecular flexibility index (Phi) is 8.03. The minimum atomic E-state index is -4.04. The van der Waals surface area contributed by atoms with Crippen molar-refractivity contribution in [1.82, 2.24) is 9.29 Å². The maximum Gasteiger partial charge on any atom is 0.411 e. The van der Waals surface area contributed by atoms with Crippen LogP contribution in [0.5, 0.6) is 5.75 Å². The van der Waals surface area contributed by atoms with Crippen molar-refractivity contribution in [3.63, 3.8) is 0 Å². The molecule has 0 radical (unpaired) electrons. The topological polar surface area (TPSA) is 116 Å². The van der Waals surface area contributed by atoms with E-state index in [1.165, 1.54) is 19.2 Å². The summed E-state index contributed by atoms with van der Waals surface area (Å²) in [5, 5.41) is 3.81. The Hall–Kier alpha value is -4.31. The highest BCUT2D eigenvalue weighted by Gasteiger charge is 2.22. The second-order valence-corrected chi connectivity index (χ2v) is 12.0. The van der Waals surface area contributed by atoms with Gasteiger partial charge in [0.15, 0.2) is 0 Å². The molecule has 2 N–H and O–H groups in total. The number of hydrogen-bond acceptors (Lipinski definition) is 6. The van der Waals surface area contributed by atoms with Gasteiger partial charge in [0.05, 0.1) is 12.0 Å². The van der Waals surface area contributed by atoms with Crippen molar-refractivity contribution in [3.8, 4) is 5.75 Å². The summed E-state index contributed by atoms with van der Waals surface area (Å²) in [5.41, 5.74) is 4.14. The van der Waals surface area contributed by atoms with Crippen LogP contribution in [0.4, 0.5) is 10.5 Å². The van der Waals surface area contributed by atoms with Crippen molar-refractivity contribution in [3.05, 3.63) is 89.1 Å². The molecule has 0 unspecified atom stereocenters. The normalized spacial score (nSPS) is 13.7. The van der Waals surface area contributed by atoms with E-state index in [0.29, 0.717) is 23.4 Å². The Bertz CT molecular complexity index is 1730. The number of anilines is 1. The van der Waals surface area contributed by atoms with Crippen molar-refractivity contribution in [1.29, 1.82) is 0 Å². The molecule has 0 aliphatic heterocycles. The highest BCUT2D eigenvalue weighted by Crippen LogP contribution is 2.30. The first-order valence-electron chi connectivity index (χ1n) is 13.5. The molecule has 2 amide bonds. The number of ether oxygens (including phenoxy) is 2. The number of carbonyl (C=O) groups is 2. The number of nitrogens with zero attached hydrogens (tertiary/aromatic N) is 1. The van der Waals surface area contributed by atoms with Gasteiger partial charge in [-0.2, -0.15) is 0 Å². The number of sulfonamides is 1. The summed E-state index contributed by atoms with van der Waals surface area (Å²) in [5.74, 6) is -0.291. The third-order valence-electron chi connectivity index (χ3n) is 7.43. The van der Waals surface area contributed by atoms with Gasteiger partial charge in [0.2, 0.25) is 0 Å². The van der Waals surface area contributed by atoms with E-state index >= 15 is 0 Å². The summed E-state index contributed by atoms with van der Waals surface area (Å²) >= 11 is 0. The van der Waals surface area contributed by atoms with Crippen molar-refractivity contribution in [2.45, 2.75) is 50.0 Å². The zero-order chi connectivity index (χ0) is 29.1. The molecule has 1 aliphatic rings. The first kappa shape index (κ1) is 28.2. The van der Waals surface area contributed by atoms with Gasteiger partial charge < -0.3 is 14.0 Å². The second kappa shape index (κ2) is 11.7. The minimum Gasteiger partial charge on any atom is -0.496 e. The summed E-state index contributed by atoms with van der Waals surface area (Å²) in [6.45, 7) is 1.67. The number of aryl methyl sites for hydroxylation is 2. The molecule has 1 fully saturated rings. The number of amides is 2. The largest absolute Gasteiger partial charge is 0.496 e. The number of carbonyl (C=O) groups excluding carboxylic acids is 2. The van der Waals surface area contributed by atoms with Gasteiger partial charge in [0.25, 0.3) is 15.9 Å². The van der Waals surface area contributed by atoms with Gasteiger partial charge in [-0.25, -0.2) is 17.9 Å². The molecule has 218 valence electrons. The Balaban J connectivity index is 0.00000253. The van der Waals surface area contributed by atoms with E-state index < -0.39 is 22.0 Å². The van der Waals surface area contributed by atoms with E-state index in [9.17, 15) is 18.0 Å². The monoisotopic (exact) mass is 579 g/mol. The van der Waals surface area contributed by atoms with Gasteiger partial charge in [-0.3, -0.25) is 10.1 Å². The molecule has 0 atom stereocenters. The first-order valence-corrected chi connectivity index (χ1v) is 15.0. The van der Waals surface area contributed by atoms with Crippen LogP contribution < -0.4 is 14.8 Å². The molecule has 41 heavy (non-hydrogen) atoms. The van der Waals surface area contributed by atoms with Crippen molar-refractivity contribution in [2.75, 3.05) is 12.4 Å². The molecule has 3 aromatic carbocycles. The number of nitrogens with one attached hydrogen (secondary N) is 2. The van der Waals surface area contributed by atoms with Crippen molar-refractivity contribution >= 4 is 38.6 Å². The second-order valence-electron chi connectivity index (χ2n) is 10.3. The summed E-state index contributed by atoms with van der Waals surface area (Å²) in [6, 6.07) is 17.1. The van der Waals surface area contributed by atoms with Crippen LogP contribution in [0, 0.1) is 6.92 Å². The van der Waals surface area contributed by atoms with Crippen LogP contribution in [-0.4, -0.2) is 38.2 Å². The van der Waals surface area contributed by atoms with E-state index in [1.807, 2.05) is 36.0 Å². The molecule has 5 rings (SSSR count). The average molecular weight is 580 g/mol. The number of benzene rings is 3. The maximum atomic E-state index is 12.9. The molecule has 0 bridgehead atoms. The van der Waals surface area contributed by atoms with Crippen molar-refractivity contribution < 1.29 is 30.3 Å². The van der Waals surface area contributed by atoms with Crippen LogP contribution >= 0.6 is 0 Å². The quantitative estimate of drug-likeness (QED) is 0.257. The van der Waals surface area contributed by atoms with Gasteiger partial charge in [-0.15, -0.1) is 0 Å². The Morgan fingerprint density at radius 2 is 1.78 bits per heavy atom. The van der Waals surface area contributed by atoms with Crippen LogP contribution in [0.1, 0.15) is 55.6 Å². The maximum absolute atomic E-state index is 12.9. The molecule has 1 saturated carbocycles. The SMILES string of the molecule is COc1cc(C(=O)NS(=O)(=O)c2ccccc2C)ccc1Cc1cn(C)c2ccc(NC(=O)OC3CCCC3)cc12.[HH].[HH]. The van der Waals surface area contributed by atoms with Crippen LogP contribution in [-0.2, 0) is 28.2 Å². The first-order chi connectivity index (χ1) is 19.6. The van der Waals surface area contributed by atoms with E-state index in [4.69, 9.17) is 9.47 Å². The Morgan fingerprint density at radius 3 is 2.51 bits per heavy atom. The predicted octanol–water partition coefficient (Wildman–Crippen LogP) is 6.19. The molecule has 4 aromatic rings. The van der Waals surface area contributed by atoms with Gasteiger partial charge in [-0.1, -0.05) is 24.3 Å². The average Bonchev–Trinajstić information content (AvgIpc) is 3.56. The predicted molar refractivity (Wildman–Crippen MR) is 161 cm³/mol.